The molecular formula is C15H22N2O. The van der Waals surface area contributed by atoms with E-state index in [2.05, 4.69) is 31.9 Å². The summed E-state index contributed by atoms with van der Waals surface area (Å²) in [5, 5.41) is 8.84. The van der Waals surface area contributed by atoms with E-state index in [0.29, 0.717) is 5.92 Å². The highest BCUT2D eigenvalue weighted by molar-refractivity contribution is 5.32. The lowest BCUT2D eigenvalue weighted by atomic mass is 10.1. The number of nitriles is 1. The van der Waals surface area contributed by atoms with Gasteiger partial charge in [0.1, 0.15) is 0 Å². The second-order valence-electron chi connectivity index (χ2n) is 5.02. The Balaban J connectivity index is 2.31. The van der Waals surface area contributed by atoms with Gasteiger partial charge in [0.05, 0.1) is 18.2 Å². The lowest BCUT2D eigenvalue weighted by Gasteiger charge is -2.17. The molecule has 0 saturated heterocycles. The number of nitrogens with zero attached hydrogens (tertiary/aromatic N) is 2. The van der Waals surface area contributed by atoms with Crippen LogP contribution in [0.4, 0.5) is 0 Å². The molecule has 0 amide bonds. The van der Waals surface area contributed by atoms with Crippen molar-refractivity contribution in [2.75, 3.05) is 26.8 Å². The molecule has 1 aromatic rings. The van der Waals surface area contributed by atoms with Crippen LogP contribution in [0.1, 0.15) is 25.0 Å². The molecule has 1 rings (SSSR count). The van der Waals surface area contributed by atoms with Gasteiger partial charge in [-0.3, -0.25) is 4.90 Å². The molecule has 3 heteroatoms. The van der Waals surface area contributed by atoms with Gasteiger partial charge < -0.3 is 4.74 Å². The average molecular weight is 246 g/mol. The minimum Gasteiger partial charge on any atom is -0.380 e. The third-order valence-electron chi connectivity index (χ3n) is 2.58. The molecule has 98 valence electrons. The summed E-state index contributed by atoms with van der Waals surface area (Å²) in [7, 11) is 2.07. The van der Waals surface area contributed by atoms with Crippen LogP contribution in [0.15, 0.2) is 24.3 Å². The number of hydrogen-bond donors (Lipinski definition) is 0. The summed E-state index contributed by atoms with van der Waals surface area (Å²) < 4.78 is 5.55. The van der Waals surface area contributed by atoms with E-state index >= 15 is 0 Å². The van der Waals surface area contributed by atoms with Crippen LogP contribution in [0.5, 0.6) is 0 Å². The van der Waals surface area contributed by atoms with Gasteiger partial charge in [-0.05, 0) is 30.7 Å². The topological polar surface area (TPSA) is 36.3 Å². The van der Waals surface area contributed by atoms with Crippen LogP contribution in [0.2, 0.25) is 0 Å². The van der Waals surface area contributed by atoms with E-state index < -0.39 is 0 Å². The van der Waals surface area contributed by atoms with Crippen molar-refractivity contribution < 1.29 is 4.74 Å². The van der Waals surface area contributed by atoms with Crippen LogP contribution in [-0.4, -0.2) is 31.7 Å². The number of rotatable bonds is 7. The Bertz CT molecular complexity index is 396. The third kappa shape index (κ3) is 5.81. The van der Waals surface area contributed by atoms with Crippen LogP contribution in [0.25, 0.3) is 0 Å². The Morgan fingerprint density at radius 3 is 2.83 bits per heavy atom. The van der Waals surface area contributed by atoms with Crippen molar-refractivity contribution in [3.05, 3.63) is 35.4 Å². The molecule has 0 fully saturated rings. The molecular weight excluding hydrogens is 224 g/mol. The van der Waals surface area contributed by atoms with Crippen molar-refractivity contribution in [3.8, 4) is 6.07 Å². The zero-order chi connectivity index (χ0) is 13.4. The van der Waals surface area contributed by atoms with E-state index in [4.69, 9.17) is 10.00 Å². The zero-order valence-corrected chi connectivity index (χ0v) is 11.5. The summed E-state index contributed by atoms with van der Waals surface area (Å²) in [6.45, 7) is 7.63. The molecule has 0 spiro atoms. The van der Waals surface area contributed by atoms with E-state index in [1.807, 2.05) is 24.3 Å². The monoisotopic (exact) mass is 246 g/mol. The van der Waals surface area contributed by atoms with Gasteiger partial charge in [-0.15, -0.1) is 0 Å². The molecule has 0 bridgehead atoms. The molecule has 0 atom stereocenters. The summed E-state index contributed by atoms with van der Waals surface area (Å²) in [6.07, 6.45) is 0. The summed E-state index contributed by atoms with van der Waals surface area (Å²) in [4.78, 5) is 2.21. The summed E-state index contributed by atoms with van der Waals surface area (Å²) in [6, 6.07) is 9.90. The highest BCUT2D eigenvalue weighted by atomic mass is 16.5. The van der Waals surface area contributed by atoms with Crippen LogP contribution >= 0.6 is 0 Å². The van der Waals surface area contributed by atoms with Gasteiger partial charge >= 0.3 is 0 Å². The van der Waals surface area contributed by atoms with Gasteiger partial charge in [0.2, 0.25) is 0 Å². The normalized spacial score (nSPS) is 10.9. The molecule has 18 heavy (non-hydrogen) atoms. The fourth-order valence-electron chi connectivity index (χ4n) is 1.67. The molecule has 0 aromatic heterocycles. The quantitative estimate of drug-likeness (QED) is 0.694. The van der Waals surface area contributed by atoms with Gasteiger partial charge in [-0.25, -0.2) is 0 Å². The Morgan fingerprint density at radius 1 is 1.39 bits per heavy atom. The Morgan fingerprint density at radius 2 is 2.17 bits per heavy atom. The maximum Gasteiger partial charge on any atom is 0.0991 e. The van der Waals surface area contributed by atoms with E-state index in [-0.39, 0.29) is 0 Å². The highest BCUT2D eigenvalue weighted by Gasteiger charge is 2.02. The lowest BCUT2D eigenvalue weighted by molar-refractivity contribution is 0.0901. The van der Waals surface area contributed by atoms with Crippen LogP contribution < -0.4 is 0 Å². The van der Waals surface area contributed by atoms with Crippen molar-refractivity contribution >= 4 is 0 Å². The van der Waals surface area contributed by atoms with Crippen LogP contribution in [-0.2, 0) is 11.3 Å². The predicted octanol–water partition coefficient (Wildman–Crippen LogP) is 2.66. The van der Waals surface area contributed by atoms with Crippen LogP contribution in [0.3, 0.4) is 0 Å². The number of hydrogen-bond acceptors (Lipinski definition) is 3. The zero-order valence-electron chi connectivity index (χ0n) is 11.5. The molecule has 0 aliphatic heterocycles. The summed E-state index contributed by atoms with van der Waals surface area (Å²) in [5.41, 5.74) is 1.89. The van der Waals surface area contributed by atoms with Crippen molar-refractivity contribution in [2.45, 2.75) is 20.4 Å². The van der Waals surface area contributed by atoms with E-state index in [9.17, 15) is 0 Å². The maximum atomic E-state index is 8.84. The van der Waals surface area contributed by atoms with Crippen LogP contribution in [0, 0.1) is 17.2 Å². The second kappa shape index (κ2) is 7.86. The molecule has 3 nitrogen and oxygen atoms in total. The maximum absolute atomic E-state index is 8.84. The largest absolute Gasteiger partial charge is 0.380 e. The average Bonchev–Trinajstić information content (AvgIpc) is 2.34. The first-order valence-corrected chi connectivity index (χ1v) is 6.37. The molecule has 0 heterocycles. The molecule has 0 aliphatic carbocycles. The van der Waals surface area contributed by atoms with E-state index in [0.717, 1.165) is 31.9 Å². The standard InChI is InChI=1S/C15H22N2O/c1-13(2)12-18-8-7-17(3)11-15-6-4-5-14(9-15)10-16/h4-6,9,13H,7-8,11-12H2,1-3H3. The van der Waals surface area contributed by atoms with Gasteiger partial charge in [0.25, 0.3) is 0 Å². The predicted molar refractivity (Wildman–Crippen MR) is 73.1 cm³/mol. The first-order chi connectivity index (χ1) is 8.61. The highest BCUT2D eigenvalue weighted by Crippen LogP contribution is 2.06. The van der Waals surface area contributed by atoms with Crippen molar-refractivity contribution in [3.63, 3.8) is 0 Å². The Hall–Kier alpha value is -1.37. The summed E-state index contributed by atoms with van der Waals surface area (Å²) in [5.74, 6) is 0.586. The molecule has 0 saturated carbocycles. The minimum absolute atomic E-state index is 0.586. The van der Waals surface area contributed by atoms with Gasteiger partial charge in [0.15, 0.2) is 0 Å². The van der Waals surface area contributed by atoms with Crippen molar-refractivity contribution in [1.29, 1.82) is 5.26 Å². The van der Waals surface area contributed by atoms with Crippen molar-refractivity contribution in [2.24, 2.45) is 5.92 Å². The first-order valence-electron chi connectivity index (χ1n) is 6.37. The lowest BCUT2D eigenvalue weighted by Crippen LogP contribution is -2.23. The molecule has 0 unspecified atom stereocenters. The number of likely N-dealkylation sites (N-methyl/N-ethyl adjacent to an activating group) is 1. The Kier molecular flexibility index (Phi) is 6.42. The number of ether oxygens (including phenoxy) is 1. The van der Waals surface area contributed by atoms with E-state index in [1.165, 1.54) is 5.56 Å². The van der Waals surface area contributed by atoms with Crippen molar-refractivity contribution in [1.82, 2.24) is 4.90 Å². The van der Waals surface area contributed by atoms with E-state index in [1.54, 1.807) is 0 Å². The van der Waals surface area contributed by atoms with Gasteiger partial charge in [-0.2, -0.15) is 5.26 Å². The smallest absolute Gasteiger partial charge is 0.0991 e. The van der Waals surface area contributed by atoms with Gasteiger partial charge in [-0.1, -0.05) is 26.0 Å². The molecule has 1 aromatic carbocycles. The third-order valence-corrected chi connectivity index (χ3v) is 2.58. The second-order valence-corrected chi connectivity index (χ2v) is 5.02. The minimum atomic E-state index is 0.586. The fourth-order valence-corrected chi connectivity index (χ4v) is 1.67. The molecule has 0 N–H and O–H groups in total. The SMILES string of the molecule is CC(C)COCCN(C)Cc1cccc(C#N)c1. The molecule has 0 aliphatic rings. The van der Waals surface area contributed by atoms with Gasteiger partial charge in [0, 0.05) is 19.7 Å². The first kappa shape index (κ1) is 14.7. The summed E-state index contributed by atoms with van der Waals surface area (Å²) >= 11 is 0. The Labute approximate surface area is 110 Å². The fraction of sp³-hybridized carbons (Fsp3) is 0.533. The number of benzene rings is 1. The molecule has 0 radical (unpaired) electrons.